The Morgan fingerprint density at radius 1 is 1.11 bits per heavy atom. The highest BCUT2D eigenvalue weighted by atomic mass is 32.1. The molecule has 0 aliphatic heterocycles. The number of halogens is 1. The van der Waals surface area contributed by atoms with Crippen molar-refractivity contribution in [3.63, 3.8) is 0 Å². The number of nitrogens with zero attached hydrogens (tertiary/aromatic N) is 1. The minimum absolute atomic E-state index is 0.211. The summed E-state index contributed by atoms with van der Waals surface area (Å²) >= 11 is 1.28. The van der Waals surface area contributed by atoms with Crippen LogP contribution in [0.3, 0.4) is 0 Å². The number of aromatic nitrogens is 1. The van der Waals surface area contributed by atoms with Gasteiger partial charge in [-0.3, -0.25) is 10.1 Å². The second-order valence-electron chi connectivity index (χ2n) is 6.39. The standard InChI is InChI=1S/C21H19FN2O3S/c1-12-8-14(3)16(9-13(12)2)18-11-28-21(23-18)24-19(25)10-27-20(26)15-6-4-5-7-17(15)22/h4-9,11H,10H2,1-3H3,(H,23,24,25). The van der Waals surface area contributed by atoms with Crippen molar-refractivity contribution in [3.8, 4) is 11.3 Å². The van der Waals surface area contributed by atoms with E-state index in [9.17, 15) is 14.0 Å². The van der Waals surface area contributed by atoms with Gasteiger partial charge in [0.2, 0.25) is 0 Å². The molecule has 0 saturated heterocycles. The first-order chi connectivity index (χ1) is 13.3. The van der Waals surface area contributed by atoms with Gasteiger partial charge >= 0.3 is 5.97 Å². The normalized spacial score (nSPS) is 10.6. The Labute approximate surface area is 166 Å². The predicted octanol–water partition coefficient (Wildman–Crippen LogP) is 4.67. The summed E-state index contributed by atoms with van der Waals surface area (Å²) in [5.41, 5.74) is 5.04. The van der Waals surface area contributed by atoms with Crippen LogP contribution in [0, 0.1) is 26.6 Å². The van der Waals surface area contributed by atoms with Crippen LogP contribution in [0.5, 0.6) is 0 Å². The first-order valence-electron chi connectivity index (χ1n) is 8.60. The molecule has 0 spiro atoms. The number of nitrogens with one attached hydrogen (secondary N) is 1. The molecule has 3 aromatic rings. The Bertz CT molecular complexity index is 1050. The Morgan fingerprint density at radius 3 is 2.57 bits per heavy atom. The van der Waals surface area contributed by atoms with E-state index in [-0.39, 0.29) is 5.56 Å². The van der Waals surface area contributed by atoms with E-state index in [1.54, 1.807) is 0 Å². The van der Waals surface area contributed by atoms with E-state index >= 15 is 0 Å². The van der Waals surface area contributed by atoms with Crippen LogP contribution in [0.4, 0.5) is 9.52 Å². The van der Waals surface area contributed by atoms with E-state index in [2.05, 4.69) is 29.4 Å². The van der Waals surface area contributed by atoms with Gasteiger partial charge in [0.25, 0.3) is 5.91 Å². The molecule has 5 nitrogen and oxygen atoms in total. The van der Waals surface area contributed by atoms with Crippen molar-refractivity contribution >= 4 is 28.3 Å². The minimum Gasteiger partial charge on any atom is -0.452 e. The molecular formula is C21H19FN2O3S. The van der Waals surface area contributed by atoms with Gasteiger partial charge < -0.3 is 4.74 Å². The van der Waals surface area contributed by atoms with E-state index in [4.69, 9.17) is 4.74 Å². The fourth-order valence-electron chi connectivity index (χ4n) is 2.68. The van der Waals surface area contributed by atoms with Crippen molar-refractivity contribution in [1.29, 1.82) is 0 Å². The van der Waals surface area contributed by atoms with E-state index in [0.717, 1.165) is 22.9 Å². The summed E-state index contributed by atoms with van der Waals surface area (Å²) in [6.45, 7) is 5.59. The van der Waals surface area contributed by atoms with Crippen LogP contribution in [-0.4, -0.2) is 23.5 Å². The summed E-state index contributed by atoms with van der Waals surface area (Å²) in [6.07, 6.45) is 0. The topological polar surface area (TPSA) is 68.3 Å². The largest absolute Gasteiger partial charge is 0.452 e. The number of carbonyl (C=O) groups excluding carboxylic acids is 2. The first kappa shape index (κ1) is 19.7. The number of benzene rings is 2. The number of hydrogen-bond donors (Lipinski definition) is 1. The van der Waals surface area contributed by atoms with E-state index in [1.807, 2.05) is 19.2 Å². The number of hydrogen-bond acceptors (Lipinski definition) is 5. The Morgan fingerprint density at radius 2 is 1.82 bits per heavy atom. The van der Waals surface area contributed by atoms with Gasteiger partial charge in [-0.2, -0.15) is 0 Å². The molecule has 1 N–H and O–H groups in total. The molecule has 7 heteroatoms. The lowest BCUT2D eigenvalue weighted by molar-refractivity contribution is -0.119. The minimum atomic E-state index is -0.890. The number of ether oxygens (including phenoxy) is 1. The Kier molecular flexibility index (Phi) is 5.84. The molecule has 0 saturated carbocycles. The third kappa shape index (κ3) is 4.43. The molecule has 0 fully saturated rings. The third-order valence-electron chi connectivity index (χ3n) is 4.30. The van der Waals surface area contributed by atoms with Crippen LogP contribution in [0.1, 0.15) is 27.0 Å². The molecule has 0 aliphatic rings. The van der Waals surface area contributed by atoms with Gasteiger partial charge in [0.1, 0.15) is 5.82 Å². The number of amides is 1. The second kappa shape index (κ2) is 8.31. The van der Waals surface area contributed by atoms with Crippen molar-refractivity contribution in [2.24, 2.45) is 0 Å². The molecule has 28 heavy (non-hydrogen) atoms. The zero-order chi connectivity index (χ0) is 20.3. The van der Waals surface area contributed by atoms with E-state index in [0.29, 0.717) is 5.13 Å². The van der Waals surface area contributed by atoms with Crippen molar-refractivity contribution < 1.29 is 18.7 Å². The van der Waals surface area contributed by atoms with Crippen molar-refractivity contribution in [2.45, 2.75) is 20.8 Å². The molecule has 3 rings (SSSR count). The van der Waals surface area contributed by atoms with Crippen LogP contribution >= 0.6 is 11.3 Å². The monoisotopic (exact) mass is 398 g/mol. The van der Waals surface area contributed by atoms with Gasteiger partial charge in [-0.25, -0.2) is 14.2 Å². The highest BCUT2D eigenvalue weighted by Gasteiger charge is 2.15. The van der Waals surface area contributed by atoms with Gasteiger partial charge in [-0.05, 0) is 55.7 Å². The van der Waals surface area contributed by atoms with Crippen LogP contribution in [0.2, 0.25) is 0 Å². The maximum Gasteiger partial charge on any atom is 0.341 e. The van der Waals surface area contributed by atoms with E-state index < -0.39 is 24.3 Å². The van der Waals surface area contributed by atoms with Crippen LogP contribution in [-0.2, 0) is 9.53 Å². The Hall–Kier alpha value is -3.06. The van der Waals surface area contributed by atoms with Gasteiger partial charge in [-0.1, -0.05) is 18.2 Å². The molecule has 1 aromatic heterocycles. The summed E-state index contributed by atoms with van der Waals surface area (Å²) in [5.74, 6) is -2.12. The molecule has 0 bridgehead atoms. The van der Waals surface area contributed by atoms with Crippen molar-refractivity contribution in [2.75, 3.05) is 11.9 Å². The average molecular weight is 398 g/mol. The number of carbonyl (C=O) groups is 2. The number of thiazole rings is 1. The molecule has 0 aliphatic carbocycles. The lowest BCUT2D eigenvalue weighted by atomic mass is 9.99. The molecule has 1 heterocycles. The second-order valence-corrected chi connectivity index (χ2v) is 7.25. The average Bonchev–Trinajstić information content (AvgIpc) is 3.11. The highest BCUT2D eigenvalue weighted by molar-refractivity contribution is 7.14. The lowest BCUT2D eigenvalue weighted by Gasteiger charge is -2.07. The van der Waals surface area contributed by atoms with Crippen molar-refractivity contribution in [1.82, 2.24) is 4.98 Å². The van der Waals surface area contributed by atoms with Gasteiger partial charge in [0, 0.05) is 10.9 Å². The van der Waals surface area contributed by atoms with Crippen LogP contribution in [0.25, 0.3) is 11.3 Å². The fraction of sp³-hybridized carbons (Fsp3) is 0.190. The summed E-state index contributed by atoms with van der Waals surface area (Å²) in [4.78, 5) is 28.3. The third-order valence-corrected chi connectivity index (χ3v) is 5.05. The molecule has 0 unspecified atom stereocenters. The molecule has 2 aromatic carbocycles. The molecule has 0 radical (unpaired) electrons. The maximum absolute atomic E-state index is 13.6. The first-order valence-corrected chi connectivity index (χ1v) is 9.48. The molecule has 1 amide bonds. The fourth-order valence-corrected chi connectivity index (χ4v) is 3.41. The number of aryl methyl sites for hydroxylation is 3. The quantitative estimate of drug-likeness (QED) is 0.634. The zero-order valence-corrected chi connectivity index (χ0v) is 16.5. The lowest BCUT2D eigenvalue weighted by Crippen LogP contribution is -2.21. The molecule has 0 atom stereocenters. The summed E-state index contributed by atoms with van der Waals surface area (Å²) in [6, 6.07) is 9.62. The van der Waals surface area contributed by atoms with Gasteiger partial charge in [0.05, 0.1) is 11.3 Å². The molecular weight excluding hydrogens is 379 g/mol. The predicted molar refractivity (Wildman–Crippen MR) is 107 cm³/mol. The van der Waals surface area contributed by atoms with Crippen molar-refractivity contribution in [3.05, 3.63) is 69.8 Å². The van der Waals surface area contributed by atoms with Crippen LogP contribution < -0.4 is 5.32 Å². The summed E-state index contributed by atoms with van der Waals surface area (Å²) < 4.78 is 18.4. The number of anilines is 1. The van der Waals surface area contributed by atoms with Gasteiger partial charge in [0.15, 0.2) is 11.7 Å². The number of esters is 1. The smallest absolute Gasteiger partial charge is 0.341 e. The highest BCUT2D eigenvalue weighted by Crippen LogP contribution is 2.29. The zero-order valence-electron chi connectivity index (χ0n) is 15.7. The van der Waals surface area contributed by atoms with Gasteiger partial charge in [-0.15, -0.1) is 11.3 Å². The summed E-state index contributed by atoms with van der Waals surface area (Å²) in [7, 11) is 0. The Balaban J connectivity index is 1.62. The van der Waals surface area contributed by atoms with Crippen LogP contribution in [0.15, 0.2) is 41.8 Å². The maximum atomic E-state index is 13.6. The number of rotatable bonds is 5. The van der Waals surface area contributed by atoms with E-state index in [1.165, 1.54) is 40.7 Å². The molecule has 144 valence electrons. The SMILES string of the molecule is Cc1cc(C)c(-c2csc(NC(=O)COC(=O)c3ccccc3F)n2)cc1C. The summed E-state index contributed by atoms with van der Waals surface area (Å²) in [5, 5.41) is 4.86.